The SMILES string of the molecule is OCC(Cc1cccc(Cl)c1)CC1CCOCC1. The molecular weight excluding hydrogens is 248 g/mol. The van der Waals surface area contributed by atoms with Gasteiger partial charge < -0.3 is 9.84 Å². The van der Waals surface area contributed by atoms with Crippen molar-refractivity contribution in [1.82, 2.24) is 0 Å². The van der Waals surface area contributed by atoms with Crippen molar-refractivity contribution in [3.8, 4) is 0 Å². The number of hydrogen-bond donors (Lipinski definition) is 1. The molecule has 0 amide bonds. The second-order valence-corrected chi connectivity index (χ2v) is 5.61. The lowest BCUT2D eigenvalue weighted by atomic mass is 9.86. The molecule has 2 rings (SSSR count). The number of ether oxygens (including phenoxy) is 1. The van der Waals surface area contributed by atoms with Gasteiger partial charge in [0.05, 0.1) is 0 Å². The van der Waals surface area contributed by atoms with Gasteiger partial charge in [-0.25, -0.2) is 0 Å². The normalized spacial score (nSPS) is 18.8. The van der Waals surface area contributed by atoms with Crippen molar-refractivity contribution < 1.29 is 9.84 Å². The van der Waals surface area contributed by atoms with E-state index < -0.39 is 0 Å². The Morgan fingerprint density at radius 3 is 2.78 bits per heavy atom. The van der Waals surface area contributed by atoms with E-state index in [2.05, 4.69) is 6.07 Å². The van der Waals surface area contributed by atoms with E-state index in [0.29, 0.717) is 11.8 Å². The number of halogens is 1. The summed E-state index contributed by atoms with van der Waals surface area (Å²) in [6, 6.07) is 7.94. The molecule has 2 nitrogen and oxygen atoms in total. The van der Waals surface area contributed by atoms with Crippen LogP contribution in [0.2, 0.25) is 5.02 Å². The van der Waals surface area contributed by atoms with Gasteiger partial charge in [-0.3, -0.25) is 0 Å². The van der Waals surface area contributed by atoms with Crippen LogP contribution in [0, 0.1) is 11.8 Å². The van der Waals surface area contributed by atoms with Crippen LogP contribution >= 0.6 is 11.6 Å². The molecule has 3 heteroatoms. The number of aliphatic hydroxyl groups excluding tert-OH is 1. The van der Waals surface area contributed by atoms with E-state index in [1.807, 2.05) is 18.2 Å². The minimum absolute atomic E-state index is 0.254. The highest BCUT2D eigenvalue weighted by atomic mass is 35.5. The molecule has 100 valence electrons. The molecule has 1 aromatic carbocycles. The molecule has 1 heterocycles. The maximum absolute atomic E-state index is 9.52. The summed E-state index contributed by atoms with van der Waals surface area (Å²) >= 11 is 5.98. The molecule has 1 unspecified atom stereocenters. The van der Waals surface area contributed by atoms with Crippen LogP contribution in [0.5, 0.6) is 0 Å². The zero-order chi connectivity index (χ0) is 12.8. The topological polar surface area (TPSA) is 29.5 Å². The first-order chi connectivity index (χ1) is 8.78. The summed E-state index contributed by atoms with van der Waals surface area (Å²) in [7, 11) is 0. The smallest absolute Gasteiger partial charge is 0.0468 e. The fraction of sp³-hybridized carbons (Fsp3) is 0.600. The quantitative estimate of drug-likeness (QED) is 0.888. The second kappa shape index (κ2) is 7.13. The molecule has 1 N–H and O–H groups in total. The van der Waals surface area contributed by atoms with E-state index in [-0.39, 0.29) is 6.61 Å². The first-order valence-electron chi connectivity index (χ1n) is 6.71. The predicted molar refractivity (Wildman–Crippen MR) is 73.9 cm³/mol. The first kappa shape index (κ1) is 13.9. The molecule has 1 atom stereocenters. The van der Waals surface area contributed by atoms with Crippen molar-refractivity contribution >= 4 is 11.6 Å². The fourth-order valence-electron chi connectivity index (χ4n) is 2.67. The summed E-state index contributed by atoms with van der Waals surface area (Å²) in [6.45, 7) is 2.00. The number of aliphatic hydroxyl groups is 1. The highest BCUT2D eigenvalue weighted by molar-refractivity contribution is 6.30. The highest BCUT2D eigenvalue weighted by Crippen LogP contribution is 2.25. The lowest BCUT2D eigenvalue weighted by Crippen LogP contribution is -2.21. The van der Waals surface area contributed by atoms with Gasteiger partial charge in [0.1, 0.15) is 0 Å². The third-order valence-corrected chi connectivity index (χ3v) is 3.91. The lowest BCUT2D eigenvalue weighted by molar-refractivity contribution is 0.0540. The monoisotopic (exact) mass is 268 g/mol. The zero-order valence-electron chi connectivity index (χ0n) is 10.6. The Kier molecular flexibility index (Phi) is 5.48. The molecule has 1 aliphatic heterocycles. The average Bonchev–Trinajstić information content (AvgIpc) is 2.39. The van der Waals surface area contributed by atoms with Crippen molar-refractivity contribution in [2.45, 2.75) is 25.7 Å². The molecule has 18 heavy (non-hydrogen) atoms. The molecule has 0 aromatic heterocycles. The minimum atomic E-state index is 0.254. The van der Waals surface area contributed by atoms with Crippen LogP contribution in [0.25, 0.3) is 0 Å². The van der Waals surface area contributed by atoms with Gasteiger partial charge in [0.25, 0.3) is 0 Å². The zero-order valence-corrected chi connectivity index (χ0v) is 11.4. The van der Waals surface area contributed by atoms with Crippen molar-refractivity contribution in [1.29, 1.82) is 0 Å². The highest BCUT2D eigenvalue weighted by Gasteiger charge is 2.19. The lowest BCUT2D eigenvalue weighted by Gasteiger charge is -2.25. The Morgan fingerprint density at radius 2 is 2.11 bits per heavy atom. The van der Waals surface area contributed by atoms with E-state index in [1.54, 1.807) is 0 Å². The molecule has 0 radical (unpaired) electrons. The molecule has 0 saturated carbocycles. The van der Waals surface area contributed by atoms with Crippen molar-refractivity contribution in [2.24, 2.45) is 11.8 Å². The molecule has 1 fully saturated rings. The number of hydrogen-bond acceptors (Lipinski definition) is 2. The van der Waals surface area contributed by atoms with Crippen LogP contribution in [0.4, 0.5) is 0 Å². The number of benzene rings is 1. The van der Waals surface area contributed by atoms with Gasteiger partial charge in [-0.1, -0.05) is 23.7 Å². The third-order valence-electron chi connectivity index (χ3n) is 3.68. The summed E-state index contributed by atoms with van der Waals surface area (Å²) in [5.41, 5.74) is 1.22. The van der Waals surface area contributed by atoms with E-state index in [1.165, 1.54) is 5.56 Å². The molecule has 1 aromatic rings. The van der Waals surface area contributed by atoms with Crippen LogP contribution in [-0.4, -0.2) is 24.9 Å². The van der Waals surface area contributed by atoms with Gasteiger partial charge in [-0.15, -0.1) is 0 Å². The van der Waals surface area contributed by atoms with E-state index in [4.69, 9.17) is 16.3 Å². The molecule has 0 aliphatic carbocycles. The van der Waals surface area contributed by atoms with E-state index in [9.17, 15) is 5.11 Å². The largest absolute Gasteiger partial charge is 0.396 e. The van der Waals surface area contributed by atoms with Crippen LogP contribution in [0.15, 0.2) is 24.3 Å². The van der Waals surface area contributed by atoms with Gasteiger partial charge in [-0.2, -0.15) is 0 Å². The first-order valence-corrected chi connectivity index (χ1v) is 7.08. The Morgan fingerprint density at radius 1 is 1.33 bits per heavy atom. The predicted octanol–water partition coefficient (Wildman–Crippen LogP) is 3.31. The van der Waals surface area contributed by atoms with Gasteiger partial charge in [0.15, 0.2) is 0 Å². The minimum Gasteiger partial charge on any atom is -0.396 e. The summed E-state index contributed by atoms with van der Waals surface area (Å²) < 4.78 is 5.37. The van der Waals surface area contributed by atoms with Crippen LogP contribution in [0.1, 0.15) is 24.8 Å². The summed E-state index contributed by atoms with van der Waals surface area (Å²) in [5.74, 6) is 1.04. The van der Waals surface area contributed by atoms with E-state index in [0.717, 1.165) is 43.9 Å². The molecule has 1 aliphatic rings. The standard InChI is InChI=1S/C15H21ClO2/c16-15-3-1-2-13(10-15)9-14(11-17)8-12-4-6-18-7-5-12/h1-3,10,12,14,17H,4-9,11H2. The second-order valence-electron chi connectivity index (χ2n) is 5.17. The maximum atomic E-state index is 9.52. The maximum Gasteiger partial charge on any atom is 0.0468 e. The fourth-order valence-corrected chi connectivity index (χ4v) is 2.89. The molecular formula is C15H21ClO2. The third kappa shape index (κ3) is 4.27. The molecule has 0 bridgehead atoms. The van der Waals surface area contributed by atoms with E-state index >= 15 is 0 Å². The van der Waals surface area contributed by atoms with Crippen molar-refractivity contribution in [3.63, 3.8) is 0 Å². The Balaban J connectivity index is 1.88. The Hall–Kier alpha value is -0.570. The van der Waals surface area contributed by atoms with Gasteiger partial charge in [0.2, 0.25) is 0 Å². The van der Waals surface area contributed by atoms with Crippen LogP contribution in [0.3, 0.4) is 0 Å². The summed E-state index contributed by atoms with van der Waals surface area (Å²) in [5, 5.41) is 10.3. The van der Waals surface area contributed by atoms with Gasteiger partial charge in [0, 0.05) is 24.8 Å². The average molecular weight is 269 g/mol. The van der Waals surface area contributed by atoms with Crippen molar-refractivity contribution in [2.75, 3.05) is 19.8 Å². The van der Waals surface area contributed by atoms with Crippen molar-refractivity contribution in [3.05, 3.63) is 34.9 Å². The molecule has 1 saturated heterocycles. The van der Waals surface area contributed by atoms with Crippen LogP contribution in [-0.2, 0) is 11.2 Å². The molecule has 0 spiro atoms. The van der Waals surface area contributed by atoms with Crippen LogP contribution < -0.4 is 0 Å². The Bertz CT molecular complexity index is 361. The Labute approximate surface area is 114 Å². The number of rotatable bonds is 5. The summed E-state index contributed by atoms with van der Waals surface area (Å²) in [4.78, 5) is 0. The summed E-state index contributed by atoms with van der Waals surface area (Å²) in [6.07, 6.45) is 4.26. The van der Waals surface area contributed by atoms with Gasteiger partial charge >= 0.3 is 0 Å². The van der Waals surface area contributed by atoms with Gasteiger partial charge in [-0.05, 0) is 55.2 Å².